The van der Waals surface area contributed by atoms with Crippen LogP contribution in [0.15, 0.2) is 42.7 Å². The highest BCUT2D eigenvalue weighted by molar-refractivity contribution is 5.96. The molecule has 24 heavy (non-hydrogen) atoms. The van der Waals surface area contributed by atoms with Gasteiger partial charge in [0.1, 0.15) is 0 Å². The number of likely N-dealkylation sites (tertiary alicyclic amines) is 1. The molecule has 1 aliphatic heterocycles. The van der Waals surface area contributed by atoms with Gasteiger partial charge in [-0.3, -0.25) is 14.6 Å². The molecule has 1 aliphatic rings. The van der Waals surface area contributed by atoms with Crippen molar-refractivity contribution in [1.82, 2.24) is 9.88 Å². The van der Waals surface area contributed by atoms with Crippen LogP contribution in [-0.4, -0.2) is 34.8 Å². The fraction of sp³-hybridized carbons (Fsp3) is 0.263. The van der Waals surface area contributed by atoms with Crippen molar-refractivity contribution in [3.05, 3.63) is 71.9 Å². The minimum absolute atomic E-state index is 0.0377. The minimum Gasteiger partial charge on any atom is -0.366 e. The van der Waals surface area contributed by atoms with Gasteiger partial charge in [0.25, 0.3) is 5.91 Å². The van der Waals surface area contributed by atoms with E-state index >= 15 is 0 Å². The zero-order valence-electron chi connectivity index (χ0n) is 13.4. The van der Waals surface area contributed by atoms with E-state index in [-0.39, 0.29) is 11.8 Å². The third-order valence-electron chi connectivity index (χ3n) is 4.41. The van der Waals surface area contributed by atoms with E-state index in [2.05, 4.69) is 11.9 Å². The smallest absolute Gasteiger partial charge is 0.254 e. The van der Waals surface area contributed by atoms with Gasteiger partial charge in [-0.05, 0) is 43.0 Å². The van der Waals surface area contributed by atoms with E-state index in [1.54, 1.807) is 12.3 Å². The second kappa shape index (κ2) is 6.83. The average Bonchev–Trinajstić information content (AvgIpc) is 3.15. The lowest BCUT2D eigenvalue weighted by Gasteiger charge is -2.21. The Morgan fingerprint density at radius 3 is 2.58 bits per heavy atom. The molecule has 1 aromatic carbocycles. The van der Waals surface area contributed by atoms with Crippen molar-refractivity contribution in [2.24, 2.45) is 5.73 Å². The van der Waals surface area contributed by atoms with Crippen LogP contribution in [0.4, 0.5) is 0 Å². The van der Waals surface area contributed by atoms with Gasteiger partial charge in [-0.1, -0.05) is 18.2 Å². The summed E-state index contributed by atoms with van der Waals surface area (Å²) in [5.41, 5.74) is 7.90. The van der Waals surface area contributed by atoms with Gasteiger partial charge < -0.3 is 10.6 Å². The Hall–Kier alpha value is -2.69. The summed E-state index contributed by atoms with van der Waals surface area (Å²) in [6.45, 7) is 5.78. The zero-order chi connectivity index (χ0) is 17.1. The number of aromatic nitrogens is 1. The van der Waals surface area contributed by atoms with E-state index in [1.165, 1.54) is 6.20 Å². The fourth-order valence-corrected chi connectivity index (χ4v) is 3.05. The maximum Gasteiger partial charge on any atom is 0.254 e. The first-order chi connectivity index (χ1) is 11.6. The molecule has 2 aromatic rings. The molecule has 3 rings (SSSR count). The highest BCUT2D eigenvalue weighted by atomic mass is 16.2. The summed E-state index contributed by atoms with van der Waals surface area (Å²) in [4.78, 5) is 30.1. The van der Waals surface area contributed by atoms with Gasteiger partial charge in [-0.15, -0.1) is 0 Å². The second-order valence-electron chi connectivity index (χ2n) is 6.01. The van der Waals surface area contributed by atoms with E-state index < -0.39 is 5.91 Å². The molecule has 1 unspecified atom stereocenters. The van der Waals surface area contributed by atoms with Crippen molar-refractivity contribution < 1.29 is 9.59 Å². The molecule has 123 valence electrons. The number of carbonyl (C=O) groups is 2. The summed E-state index contributed by atoms with van der Waals surface area (Å²) in [5.74, 6) is -0.798. The van der Waals surface area contributed by atoms with Gasteiger partial charge in [0.2, 0.25) is 5.91 Å². The van der Waals surface area contributed by atoms with Gasteiger partial charge in [0.05, 0.1) is 5.56 Å². The van der Waals surface area contributed by atoms with Crippen molar-refractivity contribution in [2.45, 2.75) is 18.8 Å². The number of hydrogen-bond donors (Lipinski definition) is 1. The van der Waals surface area contributed by atoms with Crippen LogP contribution in [0.5, 0.6) is 0 Å². The number of amides is 2. The van der Waals surface area contributed by atoms with Crippen molar-refractivity contribution in [3.8, 4) is 0 Å². The topological polar surface area (TPSA) is 76.3 Å². The summed E-state index contributed by atoms with van der Waals surface area (Å²) >= 11 is 0. The van der Waals surface area contributed by atoms with E-state index in [4.69, 9.17) is 5.73 Å². The lowest BCUT2D eigenvalue weighted by Crippen LogP contribution is -2.28. The normalized spacial score (nSPS) is 15.3. The van der Waals surface area contributed by atoms with Crippen molar-refractivity contribution in [2.75, 3.05) is 13.1 Å². The molecular weight excluding hydrogens is 302 g/mol. The van der Waals surface area contributed by atoms with Crippen molar-refractivity contribution in [3.63, 3.8) is 0 Å². The molecule has 1 fully saturated rings. The number of rotatable bonds is 4. The molecular formula is C19H20N3O2. The predicted octanol–water partition coefficient (Wildman–Crippen LogP) is 2.38. The lowest BCUT2D eigenvalue weighted by molar-refractivity contribution is 0.0791. The molecule has 1 atom stereocenters. The van der Waals surface area contributed by atoms with E-state index in [9.17, 15) is 9.59 Å². The maximum atomic E-state index is 12.8. The number of primary amides is 1. The SMILES string of the molecule is [CH2]C(c1cncc(C(N)=O)c1)c1ccccc1C(=O)N1CCCC1. The molecule has 1 saturated heterocycles. The van der Waals surface area contributed by atoms with Crippen LogP contribution in [0, 0.1) is 6.92 Å². The number of carbonyl (C=O) groups excluding carboxylic acids is 2. The molecule has 1 aromatic heterocycles. The standard InChI is InChI=1S/C19H20N3O2/c1-13(14-10-15(18(20)23)12-21-11-14)16-6-2-3-7-17(16)19(24)22-8-4-5-9-22/h2-3,6-7,10-13H,1,4-5,8-9H2,(H2,20,23). The number of hydrogen-bond acceptors (Lipinski definition) is 3. The Kier molecular flexibility index (Phi) is 4.60. The Labute approximate surface area is 141 Å². The number of benzene rings is 1. The molecule has 1 radical (unpaired) electrons. The third-order valence-corrected chi connectivity index (χ3v) is 4.41. The zero-order valence-corrected chi connectivity index (χ0v) is 13.4. The van der Waals surface area contributed by atoms with Crippen LogP contribution in [0.3, 0.4) is 0 Å². The van der Waals surface area contributed by atoms with Crippen molar-refractivity contribution in [1.29, 1.82) is 0 Å². The molecule has 0 saturated carbocycles. The largest absolute Gasteiger partial charge is 0.366 e. The highest BCUT2D eigenvalue weighted by Crippen LogP contribution is 2.28. The minimum atomic E-state index is -0.530. The number of pyridine rings is 1. The Bertz CT molecular complexity index is 767. The molecule has 2 N–H and O–H groups in total. The van der Waals surface area contributed by atoms with Crippen LogP contribution in [0.25, 0.3) is 0 Å². The summed E-state index contributed by atoms with van der Waals surface area (Å²) in [6, 6.07) is 9.17. The van der Waals surface area contributed by atoms with Gasteiger partial charge in [0, 0.05) is 37.0 Å². The van der Waals surface area contributed by atoms with Crippen LogP contribution in [0.1, 0.15) is 50.6 Å². The summed E-state index contributed by atoms with van der Waals surface area (Å²) in [7, 11) is 0. The summed E-state index contributed by atoms with van der Waals surface area (Å²) in [5, 5.41) is 0. The van der Waals surface area contributed by atoms with Gasteiger partial charge in [-0.2, -0.15) is 0 Å². The molecule has 0 spiro atoms. The Balaban J connectivity index is 1.95. The predicted molar refractivity (Wildman–Crippen MR) is 91.5 cm³/mol. The van der Waals surface area contributed by atoms with E-state index in [1.807, 2.05) is 29.2 Å². The molecule has 5 nitrogen and oxygen atoms in total. The molecule has 2 heterocycles. The Morgan fingerprint density at radius 1 is 1.17 bits per heavy atom. The van der Waals surface area contributed by atoms with Crippen LogP contribution in [-0.2, 0) is 0 Å². The van der Waals surface area contributed by atoms with E-state index in [0.717, 1.165) is 37.1 Å². The molecule has 2 amide bonds. The van der Waals surface area contributed by atoms with E-state index in [0.29, 0.717) is 11.1 Å². The first-order valence-corrected chi connectivity index (χ1v) is 8.04. The number of nitrogens with zero attached hydrogens (tertiary/aromatic N) is 2. The van der Waals surface area contributed by atoms with Crippen LogP contribution in [0.2, 0.25) is 0 Å². The Morgan fingerprint density at radius 2 is 1.88 bits per heavy atom. The average molecular weight is 322 g/mol. The molecule has 0 aliphatic carbocycles. The van der Waals surface area contributed by atoms with Gasteiger partial charge >= 0.3 is 0 Å². The second-order valence-corrected chi connectivity index (χ2v) is 6.01. The summed E-state index contributed by atoms with van der Waals surface area (Å²) < 4.78 is 0. The lowest BCUT2D eigenvalue weighted by atomic mass is 9.89. The van der Waals surface area contributed by atoms with Crippen LogP contribution >= 0.6 is 0 Å². The molecule has 0 bridgehead atoms. The fourth-order valence-electron chi connectivity index (χ4n) is 3.05. The monoisotopic (exact) mass is 322 g/mol. The highest BCUT2D eigenvalue weighted by Gasteiger charge is 2.24. The maximum absolute atomic E-state index is 12.8. The van der Waals surface area contributed by atoms with Crippen molar-refractivity contribution >= 4 is 11.8 Å². The first kappa shape index (κ1) is 16.2. The number of nitrogens with two attached hydrogens (primary N) is 1. The molecule has 5 heteroatoms. The first-order valence-electron chi connectivity index (χ1n) is 8.04. The third kappa shape index (κ3) is 3.15. The van der Waals surface area contributed by atoms with Gasteiger partial charge in [-0.25, -0.2) is 0 Å². The van der Waals surface area contributed by atoms with Gasteiger partial charge in [0.15, 0.2) is 0 Å². The summed E-state index contributed by atoms with van der Waals surface area (Å²) in [6.07, 6.45) is 5.18. The van der Waals surface area contributed by atoms with Crippen LogP contribution < -0.4 is 5.73 Å². The quantitative estimate of drug-likeness (QED) is 0.939.